The van der Waals surface area contributed by atoms with Gasteiger partial charge in [0.2, 0.25) is 0 Å². The van der Waals surface area contributed by atoms with Crippen LogP contribution in [-0.4, -0.2) is 17.6 Å². The predicted octanol–water partition coefficient (Wildman–Crippen LogP) is 3.89. The summed E-state index contributed by atoms with van der Waals surface area (Å²) >= 11 is 1.86. The highest BCUT2D eigenvalue weighted by molar-refractivity contribution is 7.11. The lowest BCUT2D eigenvalue weighted by molar-refractivity contribution is 0.376. The van der Waals surface area contributed by atoms with E-state index in [1.165, 1.54) is 22.0 Å². The van der Waals surface area contributed by atoms with E-state index in [1.54, 1.807) is 0 Å². The third-order valence-corrected chi connectivity index (χ3v) is 4.48. The van der Waals surface area contributed by atoms with Crippen molar-refractivity contribution < 1.29 is 0 Å². The van der Waals surface area contributed by atoms with Crippen LogP contribution in [0.2, 0.25) is 0 Å². The van der Waals surface area contributed by atoms with Crippen LogP contribution in [0.15, 0.2) is 0 Å². The van der Waals surface area contributed by atoms with Crippen molar-refractivity contribution in [1.82, 2.24) is 10.3 Å². The van der Waals surface area contributed by atoms with E-state index in [0.29, 0.717) is 17.9 Å². The molecule has 98 valence electrons. The van der Waals surface area contributed by atoms with Crippen LogP contribution in [0, 0.1) is 19.8 Å². The molecule has 3 heteroatoms. The minimum Gasteiger partial charge on any atom is -0.314 e. The fourth-order valence-corrected chi connectivity index (χ4v) is 3.52. The number of hydrogen-bond acceptors (Lipinski definition) is 3. The van der Waals surface area contributed by atoms with E-state index in [4.69, 9.17) is 4.98 Å². The maximum Gasteiger partial charge on any atom is 0.0979 e. The SMILES string of the molecule is CCCNC(C)C(c1nc(C)c(C)s1)C(C)C. The Morgan fingerprint density at radius 3 is 2.29 bits per heavy atom. The second-order valence-electron chi connectivity index (χ2n) is 5.21. The highest BCUT2D eigenvalue weighted by Gasteiger charge is 2.25. The summed E-state index contributed by atoms with van der Waals surface area (Å²) in [4.78, 5) is 6.09. The minimum atomic E-state index is 0.500. The normalized spacial score (nSPS) is 15.2. The summed E-state index contributed by atoms with van der Waals surface area (Å²) in [6, 6.07) is 0.500. The van der Waals surface area contributed by atoms with Gasteiger partial charge < -0.3 is 5.32 Å². The van der Waals surface area contributed by atoms with E-state index in [2.05, 4.69) is 46.9 Å². The Balaban J connectivity index is 2.85. The second-order valence-corrected chi connectivity index (χ2v) is 6.44. The summed E-state index contributed by atoms with van der Waals surface area (Å²) in [5.74, 6) is 1.15. The van der Waals surface area contributed by atoms with Crippen LogP contribution in [0.5, 0.6) is 0 Å². The van der Waals surface area contributed by atoms with E-state index in [0.717, 1.165) is 6.54 Å². The Labute approximate surface area is 110 Å². The molecule has 2 atom stereocenters. The average Bonchev–Trinajstić information content (AvgIpc) is 2.55. The Bertz CT molecular complexity index is 324. The fraction of sp³-hybridized carbons (Fsp3) is 0.786. The standard InChI is InChI=1S/C14H26N2S/c1-7-8-15-11(5)13(9(2)3)14-16-10(4)12(6)17-14/h9,11,13,15H,7-8H2,1-6H3. The molecule has 0 aliphatic rings. The lowest BCUT2D eigenvalue weighted by atomic mass is 9.90. The first-order chi connectivity index (χ1) is 7.97. The monoisotopic (exact) mass is 254 g/mol. The van der Waals surface area contributed by atoms with Crippen molar-refractivity contribution in [3.63, 3.8) is 0 Å². The Kier molecular flexibility index (Phi) is 5.60. The Morgan fingerprint density at radius 1 is 1.24 bits per heavy atom. The van der Waals surface area contributed by atoms with Gasteiger partial charge in [-0.1, -0.05) is 20.8 Å². The van der Waals surface area contributed by atoms with Gasteiger partial charge in [-0.2, -0.15) is 0 Å². The van der Waals surface area contributed by atoms with Crippen molar-refractivity contribution in [2.24, 2.45) is 5.92 Å². The molecule has 0 fully saturated rings. The molecule has 0 radical (unpaired) electrons. The van der Waals surface area contributed by atoms with Gasteiger partial charge in [0, 0.05) is 16.8 Å². The zero-order valence-electron chi connectivity index (χ0n) is 12.0. The quantitative estimate of drug-likeness (QED) is 0.833. The molecule has 1 aromatic rings. The van der Waals surface area contributed by atoms with Gasteiger partial charge in [0.05, 0.1) is 10.7 Å². The van der Waals surface area contributed by atoms with Crippen LogP contribution < -0.4 is 5.32 Å². The smallest absolute Gasteiger partial charge is 0.0979 e. The summed E-state index contributed by atoms with van der Waals surface area (Å²) in [5, 5.41) is 4.90. The summed E-state index contributed by atoms with van der Waals surface area (Å²) in [6.45, 7) is 14.4. The Hall–Kier alpha value is -0.410. The minimum absolute atomic E-state index is 0.500. The molecule has 0 saturated heterocycles. The molecule has 0 amide bonds. The first kappa shape index (κ1) is 14.7. The van der Waals surface area contributed by atoms with Crippen LogP contribution in [0.4, 0.5) is 0 Å². The third-order valence-electron chi connectivity index (χ3n) is 3.30. The first-order valence-electron chi connectivity index (χ1n) is 6.64. The maximum atomic E-state index is 4.74. The average molecular weight is 254 g/mol. The third kappa shape index (κ3) is 3.78. The summed E-state index contributed by atoms with van der Waals surface area (Å²) in [5.41, 5.74) is 1.19. The van der Waals surface area contributed by atoms with Crippen molar-refractivity contribution in [2.45, 2.75) is 59.9 Å². The van der Waals surface area contributed by atoms with E-state index in [9.17, 15) is 0 Å². The lowest BCUT2D eigenvalue weighted by Crippen LogP contribution is -2.35. The summed E-state index contributed by atoms with van der Waals surface area (Å²) in [7, 11) is 0. The van der Waals surface area contributed by atoms with E-state index in [-0.39, 0.29) is 0 Å². The molecule has 1 N–H and O–H groups in total. The van der Waals surface area contributed by atoms with E-state index < -0.39 is 0 Å². The van der Waals surface area contributed by atoms with Gasteiger partial charge >= 0.3 is 0 Å². The molecule has 2 nitrogen and oxygen atoms in total. The highest BCUT2D eigenvalue weighted by atomic mass is 32.1. The molecule has 0 spiro atoms. The van der Waals surface area contributed by atoms with Gasteiger partial charge in [-0.15, -0.1) is 11.3 Å². The van der Waals surface area contributed by atoms with Crippen molar-refractivity contribution in [3.8, 4) is 0 Å². The summed E-state index contributed by atoms with van der Waals surface area (Å²) < 4.78 is 0. The highest BCUT2D eigenvalue weighted by Crippen LogP contribution is 2.32. The number of hydrogen-bond donors (Lipinski definition) is 1. The van der Waals surface area contributed by atoms with Crippen LogP contribution in [-0.2, 0) is 0 Å². The molecule has 0 aliphatic heterocycles. The molecule has 0 bridgehead atoms. The zero-order chi connectivity index (χ0) is 13.0. The van der Waals surface area contributed by atoms with E-state index >= 15 is 0 Å². The number of aromatic nitrogens is 1. The van der Waals surface area contributed by atoms with Crippen molar-refractivity contribution >= 4 is 11.3 Å². The topological polar surface area (TPSA) is 24.9 Å². The molecular weight excluding hydrogens is 228 g/mol. The molecule has 17 heavy (non-hydrogen) atoms. The van der Waals surface area contributed by atoms with Gasteiger partial charge in [0.1, 0.15) is 0 Å². The Morgan fingerprint density at radius 2 is 1.88 bits per heavy atom. The molecule has 1 aromatic heterocycles. The summed E-state index contributed by atoms with van der Waals surface area (Å²) in [6.07, 6.45) is 1.19. The van der Waals surface area contributed by atoms with Gasteiger partial charge in [-0.05, 0) is 39.7 Å². The van der Waals surface area contributed by atoms with Crippen molar-refractivity contribution in [1.29, 1.82) is 0 Å². The number of rotatable bonds is 6. The van der Waals surface area contributed by atoms with Gasteiger partial charge in [-0.25, -0.2) is 4.98 Å². The zero-order valence-corrected chi connectivity index (χ0v) is 12.8. The van der Waals surface area contributed by atoms with Crippen LogP contribution >= 0.6 is 11.3 Å². The molecule has 2 unspecified atom stereocenters. The lowest BCUT2D eigenvalue weighted by Gasteiger charge is -2.26. The number of nitrogens with zero attached hydrogens (tertiary/aromatic N) is 1. The molecule has 0 aromatic carbocycles. The molecule has 0 saturated carbocycles. The molecule has 1 heterocycles. The molecule has 0 aliphatic carbocycles. The van der Waals surface area contributed by atoms with Gasteiger partial charge in [0.25, 0.3) is 0 Å². The first-order valence-corrected chi connectivity index (χ1v) is 7.46. The van der Waals surface area contributed by atoms with Crippen molar-refractivity contribution in [2.75, 3.05) is 6.54 Å². The number of thiazole rings is 1. The maximum absolute atomic E-state index is 4.74. The van der Waals surface area contributed by atoms with Gasteiger partial charge in [-0.3, -0.25) is 0 Å². The second kappa shape index (κ2) is 6.50. The number of aryl methyl sites for hydroxylation is 2. The predicted molar refractivity (Wildman–Crippen MR) is 76.9 cm³/mol. The van der Waals surface area contributed by atoms with Gasteiger partial charge in [0.15, 0.2) is 0 Å². The van der Waals surface area contributed by atoms with Crippen molar-refractivity contribution in [3.05, 3.63) is 15.6 Å². The molecular formula is C14H26N2S. The largest absolute Gasteiger partial charge is 0.314 e. The van der Waals surface area contributed by atoms with E-state index in [1.807, 2.05) is 11.3 Å². The van der Waals surface area contributed by atoms with Crippen LogP contribution in [0.3, 0.4) is 0 Å². The van der Waals surface area contributed by atoms with Crippen LogP contribution in [0.1, 0.15) is 55.6 Å². The van der Waals surface area contributed by atoms with Crippen LogP contribution in [0.25, 0.3) is 0 Å². The number of nitrogens with one attached hydrogen (secondary N) is 1. The molecule has 1 rings (SSSR count). The fourth-order valence-electron chi connectivity index (χ4n) is 2.22.